The van der Waals surface area contributed by atoms with Crippen LogP contribution >= 0.6 is 0 Å². The third-order valence-corrected chi connectivity index (χ3v) is 4.92. The van der Waals surface area contributed by atoms with Crippen LogP contribution < -0.4 is 5.32 Å². The molecule has 3 heterocycles. The van der Waals surface area contributed by atoms with E-state index in [1.807, 2.05) is 6.92 Å². The van der Waals surface area contributed by atoms with Gasteiger partial charge in [0.1, 0.15) is 11.6 Å². The monoisotopic (exact) mass is 274 g/mol. The molecule has 1 aromatic heterocycles. The van der Waals surface area contributed by atoms with Crippen molar-refractivity contribution in [2.75, 3.05) is 25.0 Å². The highest BCUT2D eigenvalue weighted by molar-refractivity contribution is 5.35. The van der Waals surface area contributed by atoms with Crippen molar-refractivity contribution in [3.05, 3.63) is 17.6 Å². The van der Waals surface area contributed by atoms with Gasteiger partial charge in [-0.3, -0.25) is 4.90 Å². The smallest absolute Gasteiger partial charge is 0.130 e. The number of fused-ring (bicyclic) bond motifs is 1. The molecule has 4 heteroatoms. The molecule has 1 N–H and O–H groups in total. The Bertz CT molecular complexity index is 462. The second-order valence-electron chi connectivity index (χ2n) is 6.26. The van der Waals surface area contributed by atoms with Crippen molar-refractivity contribution >= 4 is 5.82 Å². The van der Waals surface area contributed by atoms with Crippen LogP contribution in [0.2, 0.25) is 0 Å². The predicted molar refractivity (Wildman–Crippen MR) is 82.0 cm³/mol. The third-order valence-electron chi connectivity index (χ3n) is 4.92. The fourth-order valence-electron chi connectivity index (χ4n) is 3.94. The summed E-state index contributed by atoms with van der Waals surface area (Å²) in [5, 5.41) is 3.52. The van der Waals surface area contributed by atoms with Gasteiger partial charge < -0.3 is 5.32 Å². The molecule has 0 unspecified atom stereocenters. The minimum absolute atomic E-state index is 0.503. The van der Waals surface area contributed by atoms with Gasteiger partial charge in [-0.15, -0.1) is 0 Å². The molecule has 0 saturated carbocycles. The molecule has 2 aliphatic rings. The van der Waals surface area contributed by atoms with Crippen molar-refractivity contribution in [1.29, 1.82) is 0 Å². The highest BCUT2D eigenvalue weighted by Crippen LogP contribution is 2.41. The average molecular weight is 274 g/mol. The maximum Gasteiger partial charge on any atom is 0.130 e. The van der Waals surface area contributed by atoms with Gasteiger partial charge >= 0.3 is 0 Å². The normalized spacial score (nSPS) is 21.1. The zero-order valence-electron chi connectivity index (χ0n) is 12.8. The van der Waals surface area contributed by atoms with Crippen molar-refractivity contribution < 1.29 is 0 Å². The Morgan fingerprint density at radius 1 is 1.25 bits per heavy atom. The van der Waals surface area contributed by atoms with E-state index < -0.39 is 0 Å². The highest BCUT2D eigenvalue weighted by atomic mass is 15.2. The lowest BCUT2D eigenvalue weighted by Gasteiger charge is -2.32. The number of nitrogens with zero attached hydrogens (tertiary/aromatic N) is 3. The van der Waals surface area contributed by atoms with Crippen molar-refractivity contribution in [2.24, 2.45) is 0 Å². The largest absolute Gasteiger partial charge is 0.370 e. The SMILES string of the molecule is CCc1nc(C)cc(NCCC23CCCN2CCC3)n1. The van der Waals surface area contributed by atoms with Crippen LogP contribution in [-0.2, 0) is 6.42 Å². The fraction of sp³-hybridized carbons (Fsp3) is 0.750. The Morgan fingerprint density at radius 2 is 2.00 bits per heavy atom. The van der Waals surface area contributed by atoms with Crippen molar-refractivity contribution in [1.82, 2.24) is 14.9 Å². The molecule has 0 aliphatic carbocycles. The molecule has 0 radical (unpaired) electrons. The summed E-state index contributed by atoms with van der Waals surface area (Å²) in [7, 11) is 0. The Kier molecular flexibility index (Phi) is 3.92. The Hall–Kier alpha value is -1.16. The van der Waals surface area contributed by atoms with Crippen LogP contribution in [0.15, 0.2) is 6.07 Å². The van der Waals surface area contributed by atoms with Crippen molar-refractivity contribution in [3.63, 3.8) is 0 Å². The van der Waals surface area contributed by atoms with Crippen LogP contribution in [0.4, 0.5) is 5.82 Å². The first-order chi connectivity index (χ1) is 9.72. The molecule has 0 amide bonds. The maximum absolute atomic E-state index is 4.56. The molecule has 0 atom stereocenters. The summed E-state index contributed by atoms with van der Waals surface area (Å²) in [5.74, 6) is 1.93. The summed E-state index contributed by atoms with van der Waals surface area (Å²) in [4.78, 5) is 11.7. The number of anilines is 1. The molecule has 110 valence electrons. The number of aromatic nitrogens is 2. The number of nitrogens with one attached hydrogen (secondary N) is 1. The van der Waals surface area contributed by atoms with E-state index in [0.717, 1.165) is 30.3 Å². The fourth-order valence-corrected chi connectivity index (χ4v) is 3.94. The van der Waals surface area contributed by atoms with Crippen LogP contribution in [-0.4, -0.2) is 40.0 Å². The summed E-state index contributed by atoms with van der Waals surface area (Å²) in [6.07, 6.45) is 7.68. The average Bonchev–Trinajstić information content (AvgIpc) is 2.97. The highest BCUT2D eigenvalue weighted by Gasteiger charge is 2.43. The van der Waals surface area contributed by atoms with E-state index in [9.17, 15) is 0 Å². The molecule has 2 fully saturated rings. The van der Waals surface area contributed by atoms with E-state index in [-0.39, 0.29) is 0 Å². The Labute approximate surface area is 122 Å². The molecule has 2 saturated heterocycles. The van der Waals surface area contributed by atoms with Gasteiger partial charge in [-0.05, 0) is 52.1 Å². The summed E-state index contributed by atoms with van der Waals surface area (Å²) < 4.78 is 0. The molecule has 3 rings (SSSR count). The first-order valence-electron chi connectivity index (χ1n) is 8.05. The summed E-state index contributed by atoms with van der Waals surface area (Å²) in [6, 6.07) is 2.05. The zero-order valence-corrected chi connectivity index (χ0v) is 12.8. The number of hydrogen-bond donors (Lipinski definition) is 1. The molecule has 0 spiro atoms. The summed E-state index contributed by atoms with van der Waals surface area (Å²) in [5.41, 5.74) is 1.56. The first-order valence-corrected chi connectivity index (χ1v) is 8.05. The Morgan fingerprint density at radius 3 is 2.70 bits per heavy atom. The molecular weight excluding hydrogens is 248 g/mol. The zero-order chi connectivity index (χ0) is 14.0. The first kappa shape index (κ1) is 13.8. The van der Waals surface area contributed by atoms with E-state index >= 15 is 0 Å². The van der Waals surface area contributed by atoms with Crippen molar-refractivity contribution in [2.45, 2.75) is 57.9 Å². The lowest BCUT2D eigenvalue weighted by molar-refractivity contribution is 0.187. The maximum atomic E-state index is 4.56. The molecule has 0 aromatic carbocycles. The second-order valence-corrected chi connectivity index (χ2v) is 6.26. The molecule has 1 aromatic rings. The number of hydrogen-bond acceptors (Lipinski definition) is 4. The second kappa shape index (κ2) is 5.68. The van der Waals surface area contributed by atoms with Gasteiger partial charge in [-0.1, -0.05) is 6.92 Å². The molecule has 4 nitrogen and oxygen atoms in total. The van der Waals surface area contributed by atoms with E-state index in [1.54, 1.807) is 0 Å². The summed E-state index contributed by atoms with van der Waals surface area (Å²) in [6.45, 7) is 7.79. The van der Waals surface area contributed by atoms with Crippen molar-refractivity contribution in [3.8, 4) is 0 Å². The van der Waals surface area contributed by atoms with Gasteiger partial charge in [0, 0.05) is 30.3 Å². The van der Waals surface area contributed by atoms with Gasteiger partial charge in [-0.2, -0.15) is 0 Å². The quantitative estimate of drug-likeness (QED) is 0.896. The van der Waals surface area contributed by atoms with Gasteiger partial charge in [0.2, 0.25) is 0 Å². The number of rotatable bonds is 5. The van der Waals surface area contributed by atoms with Gasteiger partial charge in [0.15, 0.2) is 0 Å². The van der Waals surface area contributed by atoms with E-state index in [1.165, 1.54) is 45.2 Å². The molecule has 2 aliphatic heterocycles. The lowest BCUT2D eigenvalue weighted by Crippen LogP contribution is -2.39. The summed E-state index contributed by atoms with van der Waals surface area (Å²) >= 11 is 0. The van der Waals surface area contributed by atoms with Crippen LogP contribution in [0.5, 0.6) is 0 Å². The Balaban J connectivity index is 1.59. The van der Waals surface area contributed by atoms with Gasteiger partial charge in [0.05, 0.1) is 0 Å². The van der Waals surface area contributed by atoms with Gasteiger partial charge in [0.25, 0.3) is 0 Å². The van der Waals surface area contributed by atoms with E-state index in [2.05, 4.69) is 33.2 Å². The standard InChI is InChI=1S/C16H26N4/c1-3-14-18-13(2)12-15(19-14)17-9-8-16-6-4-10-20(16)11-5-7-16/h12H,3-11H2,1-2H3,(H,17,18,19). The van der Waals surface area contributed by atoms with Crippen LogP contribution in [0, 0.1) is 6.92 Å². The third kappa shape index (κ3) is 2.66. The topological polar surface area (TPSA) is 41.1 Å². The lowest BCUT2D eigenvalue weighted by atomic mass is 9.90. The molecule has 0 bridgehead atoms. The van der Waals surface area contributed by atoms with Crippen LogP contribution in [0.3, 0.4) is 0 Å². The minimum Gasteiger partial charge on any atom is -0.370 e. The number of aryl methyl sites for hydroxylation is 2. The van der Waals surface area contributed by atoms with E-state index in [4.69, 9.17) is 0 Å². The molecular formula is C16H26N4. The van der Waals surface area contributed by atoms with Gasteiger partial charge in [-0.25, -0.2) is 9.97 Å². The van der Waals surface area contributed by atoms with Crippen LogP contribution in [0.1, 0.15) is 50.5 Å². The minimum atomic E-state index is 0.503. The predicted octanol–water partition coefficient (Wildman–Crippen LogP) is 2.78. The van der Waals surface area contributed by atoms with E-state index in [0.29, 0.717) is 5.54 Å². The van der Waals surface area contributed by atoms with Crippen LogP contribution in [0.25, 0.3) is 0 Å². The molecule has 20 heavy (non-hydrogen) atoms.